The number of aromatic nitrogens is 3. The Labute approximate surface area is 114 Å². The molecule has 0 atom stereocenters. The number of fused-ring (bicyclic) bond motifs is 2. The number of methoxy groups -OCH3 is 1. The molecule has 0 unspecified atom stereocenters. The van der Waals surface area contributed by atoms with E-state index in [0.717, 1.165) is 23.3 Å². The molecule has 1 aliphatic rings. The summed E-state index contributed by atoms with van der Waals surface area (Å²) >= 11 is 0. The maximum Gasteiger partial charge on any atom is 0.248 e. The Morgan fingerprint density at radius 2 is 2.30 bits per heavy atom. The van der Waals surface area contributed by atoms with Gasteiger partial charge in [0.25, 0.3) is 0 Å². The van der Waals surface area contributed by atoms with Crippen LogP contribution in [0.1, 0.15) is 17.3 Å². The third kappa shape index (κ3) is 1.54. The number of ether oxygens (including phenoxy) is 1. The smallest absolute Gasteiger partial charge is 0.248 e. The highest BCUT2D eigenvalue weighted by atomic mass is 16.5. The van der Waals surface area contributed by atoms with Crippen molar-refractivity contribution in [3.8, 4) is 5.75 Å². The summed E-state index contributed by atoms with van der Waals surface area (Å²) in [5.74, 6) is 1.15. The molecule has 1 N–H and O–H groups in total. The molecule has 2 aromatic heterocycles. The Kier molecular flexibility index (Phi) is 2.35. The second-order valence-electron chi connectivity index (χ2n) is 4.54. The average molecular weight is 268 g/mol. The number of imidazole rings is 1. The largest absolute Gasteiger partial charge is 0.493 e. The highest BCUT2D eigenvalue weighted by molar-refractivity contribution is 6.11. The Balaban J connectivity index is 1.90. The number of para-hydroxylation sites is 1. The van der Waals surface area contributed by atoms with Gasteiger partial charge in [-0.1, -0.05) is 6.07 Å². The molecule has 0 radical (unpaired) electrons. The second-order valence-corrected chi connectivity index (χ2v) is 4.54. The fourth-order valence-corrected chi connectivity index (χ4v) is 2.42. The van der Waals surface area contributed by atoms with E-state index in [1.165, 1.54) is 0 Å². The predicted molar refractivity (Wildman–Crippen MR) is 73.4 cm³/mol. The molecule has 6 heteroatoms. The van der Waals surface area contributed by atoms with E-state index in [1.807, 2.05) is 18.2 Å². The first-order chi connectivity index (χ1) is 9.86. The van der Waals surface area contributed by atoms with Gasteiger partial charge in [0.1, 0.15) is 16.9 Å². The number of benzene rings is 1. The molecule has 1 aromatic carbocycles. The molecule has 0 fully saturated rings. The zero-order valence-corrected chi connectivity index (χ0v) is 10.9. The molecule has 0 amide bonds. The number of oxazole rings is 1. The van der Waals surface area contributed by atoms with E-state index in [0.29, 0.717) is 29.5 Å². The monoisotopic (exact) mass is 268 g/mol. The number of hydrogen-bond donors (Lipinski definition) is 1. The first kappa shape index (κ1) is 11.2. The summed E-state index contributed by atoms with van der Waals surface area (Å²) in [4.78, 5) is 16.4. The summed E-state index contributed by atoms with van der Waals surface area (Å²) in [6.45, 7) is 0.709. The Morgan fingerprint density at radius 3 is 3.20 bits per heavy atom. The van der Waals surface area contributed by atoms with Crippen molar-refractivity contribution in [2.75, 3.05) is 13.7 Å². The molecule has 0 aliphatic carbocycles. The van der Waals surface area contributed by atoms with Crippen molar-refractivity contribution in [3.63, 3.8) is 0 Å². The standard InChI is InChI=1S/C14H12N4O2/c1-19-10-4-2-3-9-13(10)20-14(18-9)12-11-8(5-6-15-12)16-7-17-11/h2-4,7H,5-6H2,1H3,(H,16,17). The quantitative estimate of drug-likeness (QED) is 0.770. The summed E-state index contributed by atoms with van der Waals surface area (Å²) in [5, 5.41) is 0. The molecule has 0 saturated heterocycles. The topological polar surface area (TPSA) is 76.3 Å². The van der Waals surface area contributed by atoms with E-state index >= 15 is 0 Å². The van der Waals surface area contributed by atoms with Gasteiger partial charge in [0.2, 0.25) is 5.89 Å². The first-order valence-corrected chi connectivity index (χ1v) is 6.38. The van der Waals surface area contributed by atoms with Crippen molar-refractivity contribution in [2.24, 2.45) is 4.99 Å². The minimum absolute atomic E-state index is 0.484. The highest BCUT2D eigenvalue weighted by Gasteiger charge is 2.23. The molecule has 0 spiro atoms. The molecule has 1 aliphatic heterocycles. The molecule has 0 saturated carbocycles. The van der Waals surface area contributed by atoms with Crippen LogP contribution >= 0.6 is 0 Å². The van der Waals surface area contributed by atoms with Gasteiger partial charge in [-0.15, -0.1) is 0 Å². The second kappa shape index (κ2) is 4.19. The van der Waals surface area contributed by atoms with Gasteiger partial charge in [-0.25, -0.2) is 9.97 Å². The van der Waals surface area contributed by atoms with Crippen LogP contribution in [0.5, 0.6) is 5.75 Å². The number of nitrogens with zero attached hydrogens (tertiary/aromatic N) is 3. The van der Waals surface area contributed by atoms with Crippen LogP contribution in [0.25, 0.3) is 11.1 Å². The van der Waals surface area contributed by atoms with Crippen molar-refractivity contribution in [3.05, 3.63) is 41.8 Å². The highest BCUT2D eigenvalue weighted by Crippen LogP contribution is 2.27. The zero-order chi connectivity index (χ0) is 13.5. The summed E-state index contributed by atoms with van der Waals surface area (Å²) < 4.78 is 11.1. The molecule has 3 aromatic rings. The maximum atomic E-state index is 5.84. The summed E-state index contributed by atoms with van der Waals surface area (Å²) in [5.41, 5.74) is 3.98. The van der Waals surface area contributed by atoms with Gasteiger partial charge >= 0.3 is 0 Å². The minimum atomic E-state index is 0.484. The fourth-order valence-electron chi connectivity index (χ4n) is 2.42. The van der Waals surface area contributed by atoms with Crippen molar-refractivity contribution >= 4 is 16.8 Å². The van der Waals surface area contributed by atoms with E-state index in [4.69, 9.17) is 9.15 Å². The number of nitrogens with one attached hydrogen (secondary N) is 1. The van der Waals surface area contributed by atoms with Crippen LogP contribution in [0.15, 0.2) is 33.9 Å². The molecule has 4 rings (SSSR count). The molecular weight excluding hydrogens is 256 g/mol. The van der Waals surface area contributed by atoms with Gasteiger partial charge in [-0.3, -0.25) is 4.99 Å². The molecular formula is C14H12N4O2. The SMILES string of the molecule is COc1cccc2nc(C3=NCCc4[nH]cnc43)oc12. The number of hydrogen-bond acceptors (Lipinski definition) is 5. The van der Waals surface area contributed by atoms with Gasteiger partial charge in [-0.05, 0) is 12.1 Å². The Bertz CT molecular complexity index is 816. The van der Waals surface area contributed by atoms with E-state index in [-0.39, 0.29) is 0 Å². The van der Waals surface area contributed by atoms with Gasteiger partial charge < -0.3 is 14.1 Å². The molecule has 0 bridgehead atoms. The van der Waals surface area contributed by atoms with Crippen molar-refractivity contribution < 1.29 is 9.15 Å². The van der Waals surface area contributed by atoms with E-state index < -0.39 is 0 Å². The third-order valence-electron chi connectivity index (χ3n) is 3.38. The van der Waals surface area contributed by atoms with Gasteiger partial charge in [0.15, 0.2) is 11.3 Å². The van der Waals surface area contributed by atoms with Crippen molar-refractivity contribution in [1.29, 1.82) is 0 Å². The van der Waals surface area contributed by atoms with Gasteiger partial charge in [0, 0.05) is 18.7 Å². The lowest BCUT2D eigenvalue weighted by Crippen LogP contribution is -2.14. The van der Waals surface area contributed by atoms with Crippen LogP contribution in [-0.2, 0) is 6.42 Å². The molecule has 6 nitrogen and oxygen atoms in total. The van der Waals surface area contributed by atoms with Crippen LogP contribution < -0.4 is 4.74 Å². The van der Waals surface area contributed by atoms with Gasteiger partial charge in [-0.2, -0.15) is 0 Å². The van der Waals surface area contributed by atoms with Crippen LogP contribution in [0, 0.1) is 0 Å². The van der Waals surface area contributed by atoms with E-state index in [2.05, 4.69) is 19.9 Å². The Morgan fingerprint density at radius 1 is 1.35 bits per heavy atom. The number of aromatic amines is 1. The van der Waals surface area contributed by atoms with Crippen molar-refractivity contribution in [2.45, 2.75) is 6.42 Å². The van der Waals surface area contributed by atoms with Crippen LogP contribution in [0.3, 0.4) is 0 Å². The lowest BCUT2D eigenvalue weighted by molar-refractivity contribution is 0.409. The molecule has 100 valence electrons. The summed E-state index contributed by atoms with van der Waals surface area (Å²) in [6, 6.07) is 5.62. The predicted octanol–water partition coefficient (Wildman–Crippen LogP) is 1.95. The Hall–Kier alpha value is -2.63. The molecule has 3 heterocycles. The zero-order valence-electron chi connectivity index (χ0n) is 10.9. The summed E-state index contributed by atoms with van der Waals surface area (Å²) in [6.07, 6.45) is 2.54. The summed E-state index contributed by atoms with van der Waals surface area (Å²) in [7, 11) is 1.61. The lowest BCUT2D eigenvalue weighted by Gasteiger charge is -2.08. The van der Waals surface area contributed by atoms with Gasteiger partial charge in [0.05, 0.1) is 13.4 Å². The van der Waals surface area contributed by atoms with E-state index in [9.17, 15) is 0 Å². The number of aliphatic imine (C=N–C) groups is 1. The fraction of sp³-hybridized carbons (Fsp3) is 0.214. The van der Waals surface area contributed by atoms with Crippen LogP contribution in [0.4, 0.5) is 0 Å². The number of rotatable bonds is 2. The number of H-pyrrole nitrogens is 1. The van der Waals surface area contributed by atoms with E-state index in [1.54, 1.807) is 13.4 Å². The minimum Gasteiger partial charge on any atom is -0.493 e. The van der Waals surface area contributed by atoms with Crippen molar-refractivity contribution in [1.82, 2.24) is 15.0 Å². The normalized spacial score (nSPS) is 14.2. The van der Waals surface area contributed by atoms with Crippen LogP contribution in [0.2, 0.25) is 0 Å². The average Bonchev–Trinajstić information content (AvgIpc) is 3.12. The maximum absolute atomic E-state index is 5.84. The first-order valence-electron chi connectivity index (χ1n) is 6.38. The lowest BCUT2D eigenvalue weighted by atomic mass is 10.1. The van der Waals surface area contributed by atoms with Crippen LogP contribution in [-0.4, -0.2) is 34.3 Å². The third-order valence-corrected chi connectivity index (χ3v) is 3.38. The molecule has 20 heavy (non-hydrogen) atoms.